The summed E-state index contributed by atoms with van der Waals surface area (Å²) in [5, 5.41) is 0. The zero-order valence-electron chi connectivity index (χ0n) is 16.4. The van der Waals surface area contributed by atoms with Crippen LogP contribution in [0, 0.1) is 29.6 Å². The Kier molecular flexibility index (Phi) is 12.7. The maximum absolute atomic E-state index is 5.85. The van der Waals surface area contributed by atoms with Gasteiger partial charge < -0.3 is 28.7 Å². The molecule has 0 spiro atoms. The van der Waals surface area contributed by atoms with Crippen molar-refractivity contribution in [2.45, 2.75) is 64.2 Å². The second-order valence-corrected chi connectivity index (χ2v) is 7.97. The van der Waals surface area contributed by atoms with Crippen molar-refractivity contribution >= 4 is 0 Å². The summed E-state index contributed by atoms with van der Waals surface area (Å²) in [6, 6.07) is 0. The third-order valence-electron chi connectivity index (χ3n) is 6.50. The van der Waals surface area contributed by atoms with E-state index in [1.54, 1.807) is 0 Å². The minimum absolute atomic E-state index is 0.653. The van der Waals surface area contributed by atoms with Crippen LogP contribution in [-0.2, 0) is 0 Å². The molecule has 0 aromatic carbocycles. The first-order chi connectivity index (χ1) is 12.2. The highest BCUT2D eigenvalue weighted by Gasteiger charge is 2.47. The fraction of sp³-hybridized carbons (Fsp3) is 1.00. The molecule has 25 heavy (non-hydrogen) atoms. The number of rotatable bonds is 10. The lowest BCUT2D eigenvalue weighted by atomic mass is 9.81. The first-order valence-corrected chi connectivity index (χ1v) is 10.7. The summed E-state index contributed by atoms with van der Waals surface area (Å²) in [5.41, 5.74) is 29.3. The summed E-state index contributed by atoms with van der Waals surface area (Å²) in [6.07, 6.45) is 12.9. The zero-order chi connectivity index (χ0) is 18.5. The van der Waals surface area contributed by atoms with E-state index in [-0.39, 0.29) is 0 Å². The van der Waals surface area contributed by atoms with Gasteiger partial charge in [-0.05, 0) is 94.4 Å². The van der Waals surface area contributed by atoms with Crippen LogP contribution in [0.3, 0.4) is 0 Å². The molecule has 150 valence electrons. The smallest absolute Gasteiger partial charge is 0.00744 e. The highest BCUT2D eigenvalue weighted by atomic mass is 14.6. The molecule has 10 N–H and O–H groups in total. The molecule has 0 aliphatic heterocycles. The molecule has 2 aliphatic rings. The highest BCUT2D eigenvalue weighted by molar-refractivity contribution is 4.97. The lowest BCUT2D eigenvalue weighted by Crippen LogP contribution is -2.25. The van der Waals surface area contributed by atoms with Crippen LogP contribution in [0.2, 0.25) is 0 Å². The Labute approximate surface area is 155 Å². The quantitative estimate of drug-likeness (QED) is 0.408. The molecule has 2 saturated carbocycles. The van der Waals surface area contributed by atoms with E-state index in [4.69, 9.17) is 28.7 Å². The van der Waals surface area contributed by atoms with Gasteiger partial charge in [-0.25, -0.2) is 0 Å². The molecule has 5 heteroatoms. The van der Waals surface area contributed by atoms with E-state index < -0.39 is 0 Å². The number of hydrogen-bond acceptors (Lipinski definition) is 5. The Morgan fingerprint density at radius 1 is 0.360 bits per heavy atom. The van der Waals surface area contributed by atoms with Gasteiger partial charge in [0.15, 0.2) is 0 Å². The van der Waals surface area contributed by atoms with E-state index in [1.165, 1.54) is 32.1 Å². The van der Waals surface area contributed by atoms with Crippen LogP contribution in [0.25, 0.3) is 0 Å². The largest absolute Gasteiger partial charge is 0.330 e. The van der Waals surface area contributed by atoms with E-state index >= 15 is 0 Å². The normalized spacial score (nSPS) is 31.8. The lowest BCUT2D eigenvalue weighted by molar-refractivity contribution is 0.248. The molecule has 2 aliphatic carbocycles. The molecular weight excluding hydrogens is 310 g/mol. The molecule has 0 atom stereocenters. The van der Waals surface area contributed by atoms with Gasteiger partial charge in [-0.3, -0.25) is 0 Å². The van der Waals surface area contributed by atoms with Gasteiger partial charge in [-0.1, -0.05) is 32.1 Å². The average Bonchev–Trinajstić information content (AvgIpc) is 3.26. The predicted molar refractivity (Wildman–Crippen MR) is 109 cm³/mol. The Bertz CT molecular complexity index is 233. The minimum Gasteiger partial charge on any atom is -0.330 e. The van der Waals surface area contributed by atoms with Gasteiger partial charge in [-0.2, -0.15) is 0 Å². The third kappa shape index (κ3) is 7.14. The summed E-state index contributed by atoms with van der Waals surface area (Å²) < 4.78 is 0. The third-order valence-corrected chi connectivity index (χ3v) is 6.50. The lowest BCUT2D eigenvalue weighted by Gasteiger charge is -2.26. The average molecular weight is 356 g/mol. The molecule has 0 saturated heterocycles. The SMILES string of the molecule is C1CCCC1.NCCC1C(CCN)C(CCN)C(CCN)C1CCN. The van der Waals surface area contributed by atoms with Crippen LogP contribution in [0.4, 0.5) is 0 Å². The number of hydrogen-bond donors (Lipinski definition) is 5. The van der Waals surface area contributed by atoms with Gasteiger partial charge in [0.25, 0.3) is 0 Å². The van der Waals surface area contributed by atoms with Crippen LogP contribution in [0.1, 0.15) is 64.2 Å². The monoisotopic (exact) mass is 355 g/mol. The van der Waals surface area contributed by atoms with E-state index in [1.807, 2.05) is 0 Å². The topological polar surface area (TPSA) is 130 Å². The van der Waals surface area contributed by atoms with Crippen molar-refractivity contribution in [2.75, 3.05) is 32.7 Å². The van der Waals surface area contributed by atoms with Crippen LogP contribution in [0.15, 0.2) is 0 Å². The summed E-state index contributed by atoms with van der Waals surface area (Å²) in [4.78, 5) is 0. The molecular formula is C20H45N5. The first-order valence-electron chi connectivity index (χ1n) is 10.7. The molecule has 5 nitrogen and oxygen atoms in total. The maximum atomic E-state index is 5.85. The van der Waals surface area contributed by atoms with Gasteiger partial charge in [0.2, 0.25) is 0 Å². The van der Waals surface area contributed by atoms with Gasteiger partial charge in [0, 0.05) is 0 Å². The second kappa shape index (κ2) is 13.9. The molecule has 0 heterocycles. The maximum Gasteiger partial charge on any atom is -0.00744 e. The van der Waals surface area contributed by atoms with Crippen LogP contribution >= 0.6 is 0 Å². The molecule has 0 unspecified atom stereocenters. The molecule has 0 aromatic rings. The molecule has 0 radical (unpaired) electrons. The number of nitrogens with two attached hydrogens (primary N) is 5. The van der Waals surface area contributed by atoms with Crippen molar-refractivity contribution in [1.29, 1.82) is 0 Å². The van der Waals surface area contributed by atoms with Crippen LogP contribution in [-0.4, -0.2) is 32.7 Å². The highest BCUT2D eigenvalue weighted by Crippen LogP contribution is 2.52. The summed E-state index contributed by atoms with van der Waals surface area (Å²) in [7, 11) is 0. The molecule has 2 fully saturated rings. The summed E-state index contributed by atoms with van der Waals surface area (Å²) in [5.74, 6) is 3.26. The van der Waals surface area contributed by atoms with Crippen molar-refractivity contribution in [3.05, 3.63) is 0 Å². The Balaban J connectivity index is 0.000000531. The summed E-state index contributed by atoms with van der Waals surface area (Å²) in [6.45, 7) is 3.74. The molecule has 0 aromatic heterocycles. The van der Waals surface area contributed by atoms with Crippen molar-refractivity contribution in [3.63, 3.8) is 0 Å². The van der Waals surface area contributed by atoms with E-state index in [0.29, 0.717) is 29.6 Å². The summed E-state index contributed by atoms with van der Waals surface area (Å²) >= 11 is 0. The fourth-order valence-electron chi connectivity index (χ4n) is 5.57. The van der Waals surface area contributed by atoms with E-state index in [0.717, 1.165) is 64.8 Å². The Hall–Kier alpha value is -0.200. The Morgan fingerprint density at radius 2 is 0.520 bits per heavy atom. The second-order valence-electron chi connectivity index (χ2n) is 7.97. The van der Waals surface area contributed by atoms with Crippen LogP contribution < -0.4 is 28.7 Å². The van der Waals surface area contributed by atoms with Crippen molar-refractivity contribution in [2.24, 2.45) is 58.3 Å². The van der Waals surface area contributed by atoms with Crippen LogP contribution in [0.5, 0.6) is 0 Å². The van der Waals surface area contributed by atoms with Crippen molar-refractivity contribution < 1.29 is 0 Å². The fourth-order valence-corrected chi connectivity index (χ4v) is 5.57. The predicted octanol–water partition coefficient (Wildman–Crippen LogP) is 1.78. The first kappa shape index (κ1) is 22.8. The standard InChI is InChI=1S/C15H35N5.C5H10/c16-6-1-11-12(2-7-17)14(4-9-19)15(5-10-20)13(11)3-8-18;1-2-4-5-3-1/h11-15H,1-10,16-20H2;1-5H2. The van der Waals surface area contributed by atoms with Gasteiger partial charge in [0.05, 0.1) is 0 Å². The van der Waals surface area contributed by atoms with Crippen molar-refractivity contribution in [3.8, 4) is 0 Å². The van der Waals surface area contributed by atoms with Gasteiger partial charge in [0.1, 0.15) is 0 Å². The zero-order valence-corrected chi connectivity index (χ0v) is 16.4. The molecule has 2 rings (SSSR count). The molecule has 0 bridgehead atoms. The van der Waals surface area contributed by atoms with Gasteiger partial charge >= 0.3 is 0 Å². The minimum atomic E-state index is 0.653. The van der Waals surface area contributed by atoms with E-state index in [2.05, 4.69) is 0 Å². The Morgan fingerprint density at radius 3 is 0.640 bits per heavy atom. The molecule has 0 amide bonds. The van der Waals surface area contributed by atoms with E-state index in [9.17, 15) is 0 Å². The van der Waals surface area contributed by atoms with Gasteiger partial charge in [-0.15, -0.1) is 0 Å². The van der Waals surface area contributed by atoms with Crippen molar-refractivity contribution in [1.82, 2.24) is 0 Å².